The van der Waals surface area contributed by atoms with Gasteiger partial charge in [0.05, 0.1) is 12.5 Å². The Balaban J connectivity index is 1.40. The van der Waals surface area contributed by atoms with E-state index in [1.54, 1.807) is 0 Å². The Morgan fingerprint density at radius 2 is 2.05 bits per heavy atom. The van der Waals surface area contributed by atoms with Crippen molar-refractivity contribution in [2.45, 2.75) is 19.3 Å². The topological polar surface area (TPSA) is 54.5 Å². The highest BCUT2D eigenvalue weighted by molar-refractivity contribution is 5.78. The minimum atomic E-state index is 0.0712. The first kappa shape index (κ1) is 14.3. The number of nitrogens with one attached hydrogen (secondary N) is 1. The summed E-state index contributed by atoms with van der Waals surface area (Å²) in [5.74, 6) is 0.834. The average Bonchev–Trinajstić information content (AvgIpc) is 3.08. The molecule has 1 aromatic rings. The number of hydrogen-bond acceptors (Lipinski definition) is 4. The molecule has 0 spiro atoms. The smallest absolute Gasteiger partial charge is 0.225 e. The maximum Gasteiger partial charge on any atom is 0.225 e. The zero-order valence-electron chi connectivity index (χ0n) is 12.3. The Hall–Kier alpha value is -1.62. The largest absolute Gasteiger partial charge is 0.381 e. The number of pyridine rings is 1. The third kappa shape index (κ3) is 3.73. The highest BCUT2D eigenvalue weighted by Crippen LogP contribution is 2.22. The van der Waals surface area contributed by atoms with E-state index in [1.165, 1.54) is 5.69 Å². The number of nitrogens with zero attached hydrogens (tertiary/aromatic N) is 2. The van der Waals surface area contributed by atoms with Gasteiger partial charge in [-0.3, -0.25) is 9.78 Å². The molecule has 114 valence electrons. The van der Waals surface area contributed by atoms with Crippen molar-refractivity contribution in [2.24, 2.45) is 11.8 Å². The molecule has 1 aromatic heterocycles. The second-order valence-corrected chi connectivity index (χ2v) is 5.94. The predicted molar refractivity (Wildman–Crippen MR) is 81.1 cm³/mol. The van der Waals surface area contributed by atoms with Gasteiger partial charge in [-0.25, -0.2) is 0 Å². The molecule has 1 amide bonds. The van der Waals surface area contributed by atoms with Crippen LogP contribution in [0.15, 0.2) is 24.5 Å². The second kappa shape index (κ2) is 6.89. The van der Waals surface area contributed by atoms with Crippen molar-refractivity contribution in [1.29, 1.82) is 0 Å². The molecular weight excluding hydrogens is 266 g/mol. The lowest BCUT2D eigenvalue weighted by Crippen LogP contribution is -2.40. The van der Waals surface area contributed by atoms with E-state index in [9.17, 15) is 4.79 Å². The van der Waals surface area contributed by atoms with Gasteiger partial charge in [-0.05, 0) is 37.3 Å². The van der Waals surface area contributed by atoms with E-state index in [4.69, 9.17) is 4.74 Å². The van der Waals surface area contributed by atoms with E-state index in [1.807, 2.05) is 12.4 Å². The maximum absolute atomic E-state index is 12.0. The number of piperidine rings is 1. The van der Waals surface area contributed by atoms with Gasteiger partial charge in [0.15, 0.2) is 0 Å². The van der Waals surface area contributed by atoms with E-state index >= 15 is 0 Å². The third-order valence-corrected chi connectivity index (χ3v) is 4.51. The van der Waals surface area contributed by atoms with E-state index in [0.717, 1.165) is 45.5 Å². The molecule has 2 aliphatic rings. The highest BCUT2D eigenvalue weighted by Gasteiger charge is 2.25. The first-order valence-electron chi connectivity index (χ1n) is 7.83. The number of ether oxygens (including phenoxy) is 1. The molecule has 5 heteroatoms. The molecule has 0 aromatic carbocycles. The van der Waals surface area contributed by atoms with E-state index in [0.29, 0.717) is 12.5 Å². The Bertz CT molecular complexity index is 452. The molecule has 1 atom stereocenters. The van der Waals surface area contributed by atoms with Crippen molar-refractivity contribution in [2.75, 3.05) is 37.7 Å². The third-order valence-electron chi connectivity index (χ3n) is 4.51. The fourth-order valence-electron chi connectivity index (χ4n) is 3.08. The summed E-state index contributed by atoms with van der Waals surface area (Å²) < 4.78 is 5.26. The summed E-state index contributed by atoms with van der Waals surface area (Å²) >= 11 is 0. The van der Waals surface area contributed by atoms with Gasteiger partial charge in [-0.2, -0.15) is 0 Å². The van der Waals surface area contributed by atoms with Crippen molar-refractivity contribution >= 4 is 11.6 Å². The molecule has 2 fully saturated rings. The SMILES string of the molecule is O=C(NCC1CCN(c2ccncc2)CC1)C1CCOC1. The monoisotopic (exact) mass is 289 g/mol. The lowest BCUT2D eigenvalue weighted by molar-refractivity contribution is -0.125. The molecule has 21 heavy (non-hydrogen) atoms. The van der Waals surface area contributed by atoms with Gasteiger partial charge in [-0.1, -0.05) is 0 Å². The van der Waals surface area contributed by atoms with Crippen LogP contribution >= 0.6 is 0 Å². The Morgan fingerprint density at radius 3 is 2.71 bits per heavy atom. The van der Waals surface area contributed by atoms with Crippen molar-refractivity contribution in [3.8, 4) is 0 Å². The molecule has 2 saturated heterocycles. The summed E-state index contributed by atoms with van der Waals surface area (Å²) in [6.07, 6.45) is 6.80. The van der Waals surface area contributed by atoms with Crippen molar-refractivity contribution in [1.82, 2.24) is 10.3 Å². The maximum atomic E-state index is 12.0. The molecular formula is C16H23N3O2. The molecule has 2 aliphatic heterocycles. The molecule has 0 saturated carbocycles. The number of rotatable bonds is 4. The number of aromatic nitrogens is 1. The summed E-state index contributed by atoms with van der Waals surface area (Å²) in [5.41, 5.74) is 1.25. The second-order valence-electron chi connectivity index (χ2n) is 5.94. The summed E-state index contributed by atoms with van der Waals surface area (Å²) in [4.78, 5) is 18.4. The van der Waals surface area contributed by atoms with Crippen LogP contribution in [0, 0.1) is 11.8 Å². The number of amides is 1. The van der Waals surface area contributed by atoms with Crippen LogP contribution in [0.1, 0.15) is 19.3 Å². The van der Waals surface area contributed by atoms with Gasteiger partial charge in [0.2, 0.25) is 5.91 Å². The molecule has 5 nitrogen and oxygen atoms in total. The Kier molecular flexibility index (Phi) is 4.70. The fourth-order valence-corrected chi connectivity index (χ4v) is 3.08. The molecule has 1 unspecified atom stereocenters. The van der Waals surface area contributed by atoms with Crippen LogP contribution in [0.25, 0.3) is 0 Å². The highest BCUT2D eigenvalue weighted by atomic mass is 16.5. The van der Waals surface area contributed by atoms with Gasteiger partial charge >= 0.3 is 0 Å². The molecule has 0 bridgehead atoms. The van der Waals surface area contributed by atoms with Crippen molar-refractivity contribution in [3.05, 3.63) is 24.5 Å². The van der Waals surface area contributed by atoms with E-state index in [2.05, 4.69) is 27.3 Å². The van der Waals surface area contributed by atoms with Gasteiger partial charge in [0.25, 0.3) is 0 Å². The van der Waals surface area contributed by atoms with Gasteiger partial charge < -0.3 is 15.0 Å². The van der Waals surface area contributed by atoms with Gasteiger partial charge in [0, 0.05) is 44.3 Å². The predicted octanol–water partition coefficient (Wildman–Crippen LogP) is 1.45. The van der Waals surface area contributed by atoms with Crippen molar-refractivity contribution < 1.29 is 9.53 Å². The summed E-state index contributed by atoms with van der Waals surface area (Å²) in [5, 5.41) is 3.10. The van der Waals surface area contributed by atoms with Crippen molar-refractivity contribution in [3.63, 3.8) is 0 Å². The van der Waals surface area contributed by atoms with Crippen LogP contribution in [0.5, 0.6) is 0 Å². The number of anilines is 1. The Morgan fingerprint density at radius 1 is 1.29 bits per heavy atom. The van der Waals surface area contributed by atoms with E-state index < -0.39 is 0 Å². The van der Waals surface area contributed by atoms with Gasteiger partial charge in [0.1, 0.15) is 0 Å². The average molecular weight is 289 g/mol. The number of carbonyl (C=O) groups is 1. The minimum Gasteiger partial charge on any atom is -0.381 e. The zero-order chi connectivity index (χ0) is 14.5. The normalized spacial score (nSPS) is 23.2. The lowest BCUT2D eigenvalue weighted by atomic mass is 9.96. The quantitative estimate of drug-likeness (QED) is 0.911. The first-order chi connectivity index (χ1) is 10.3. The van der Waals surface area contributed by atoms with E-state index in [-0.39, 0.29) is 11.8 Å². The Labute approximate surface area is 125 Å². The minimum absolute atomic E-state index is 0.0712. The standard InChI is InChI=1S/C16H23N3O2/c20-16(14-5-10-21-12-14)18-11-13-3-8-19(9-4-13)15-1-6-17-7-2-15/h1-2,6-7,13-14H,3-5,8-12H2,(H,18,20). The zero-order valence-corrected chi connectivity index (χ0v) is 12.3. The molecule has 0 aliphatic carbocycles. The van der Waals surface area contributed by atoms with Crippen LogP contribution in [-0.2, 0) is 9.53 Å². The van der Waals surface area contributed by atoms with Crippen LogP contribution in [0.2, 0.25) is 0 Å². The first-order valence-corrected chi connectivity index (χ1v) is 7.83. The summed E-state index contributed by atoms with van der Waals surface area (Å²) in [7, 11) is 0. The van der Waals surface area contributed by atoms with Gasteiger partial charge in [-0.15, -0.1) is 0 Å². The van der Waals surface area contributed by atoms with Crippen LogP contribution < -0.4 is 10.2 Å². The summed E-state index contributed by atoms with van der Waals surface area (Å²) in [6.45, 7) is 4.22. The van der Waals surface area contributed by atoms with Crippen LogP contribution in [0.4, 0.5) is 5.69 Å². The fraction of sp³-hybridized carbons (Fsp3) is 0.625. The van der Waals surface area contributed by atoms with Crippen LogP contribution in [-0.4, -0.2) is 43.7 Å². The molecule has 3 rings (SSSR count). The van der Waals surface area contributed by atoms with Crippen LogP contribution in [0.3, 0.4) is 0 Å². The number of carbonyl (C=O) groups excluding carboxylic acids is 1. The molecule has 3 heterocycles. The summed E-state index contributed by atoms with van der Waals surface area (Å²) in [6, 6.07) is 4.12. The molecule has 0 radical (unpaired) electrons. The number of hydrogen-bond donors (Lipinski definition) is 1. The lowest BCUT2D eigenvalue weighted by Gasteiger charge is -2.33. The molecule has 1 N–H and O–H groups in total.